The van der Waals surface area contributed by atoms with Crippen molar-refractivity contribution in [3.8, 4) is 11.5 Å². The minimum Gasteiger partial charge on any atom is -0.504 e. The van der Waals surface area contributed by atoms with Gasteiger partial charge in [0, 0.05) is 13.5 Å². The molecule has 0 radical (unpaired) electrons. The Balaban J connectivity index is 2.77. The van der Waals surface area contributed by atoms with Gasteiger partial charge in [0.2, 0.25) is 0 Å². The fraction of sp³-hybridized carbons (Fsp3) is 0.692. The van der Waals surface area contributed by atoms with Crippen LogP contribution in [0.3, 0.4) is 0 Å². The monoisotopic (exact) mass is 481 g/mol. The van der Waals surface area contributed by atoms with E-state index in [9.17, 15) is 24.9 Å². The summed E-state index contributed by atoms with van der Waals surface area (Å²) < 4.78 is 11.4. The van der Waals surface area contributed by atoms with E-state index in [2.05, 4.69) is 5.32 Å². The first-order valence-electron chi connectivity index (χ1n) is 11.7. The predicted octanol–water partition coefficient (Wildman–Crippen LogP) is 3.29. The summed E-state index contributed by atoms with van der Waals surface area (Å²) in [6.45, 7) is 12.9. The Bertz CT molecular complexity index is 827. The van der Waals surface area contributed by atoms with E-state index >= 15 is 0 Å². The first kappa shape index (κ1) is 30.0. The third-order valence-electron chi connectivity index (χ3n) is 6.06. The number of phenols is 2. The molecule has 1 aromatic rings. The van der Waals surface area contributed by atoms with Gasteiger partial charge in [-0.05, 0) is 85.4 Å². The molecule has 0 bridgehead atoms. The Morgan fingerprint density at radius 1 is 1.00 bits per heavy atom. The number of aliphatic hydroxyl groups is 1. The third kappa shape index (κ3) is 10.1. The summed E-state index contributed by atoms with van der Waals surface area (Å²) in [5, 5.41) is 32.6. The lowest BCUT2D eigenvalue weighted by molar-refractivity contribution is -0.136. The van der Waals surface area contributed by atoms with Crippen molar-refractivity contribution in [2.24, 2.45) is 0 Å². The minimum absolute atomic E-state index is 0.0732. The molecule has 0 amide bonds. The maximum absolute atomic E-state index is 12.9. The zero-order valence-corrected chi connectivity index (χ0v) is 21.9. The fourth-order valence-corrected chi connectivity index (χ4v) is 3.37. The zero-order chi connectivity index (χ0) is 26.3. The highest BCUT2D eigenvalue weighted by Gasteiger charge is 2.34. The number of carbonyl (C=O) groups excluding carboxylic acids is 2. The number of hydrogen-bond acceptors (Lipinski definition) is 8. The van der Waals surface area contributed by atoms with Crippen molar-refractivity contribution < 1.29 is 34.4 Å². The van der Waals surface area contributed by atoms with E-state index in [1.54, 1.807) is 20.1 Å². The molecule has 8 nitrogen and oxygen atoms in total. The highest BCUT2D eigenvalue weighted by atomic mass is 16.5. The van der Waals surface area contributed by atoms with E-state index in [1.165, 1.54) is 26.0 Å². The Morgan fingerprint density at radius 3 is 2.15 bits per heavy atom. The van der Waals surface area contributed by atoms with Crippen molar-refractivity contribution in [1.29, 1.82) is 0 Å². The van der Waals surface area contributed by atoms with Crippen LogP contribution < -0.4 is 5.32 Å². The van der Waals surface area contributed by atoms with Gasteiger partial charge in [0.25, 0.3) is 0 Å². The number of benzene rings is 1. The number of ketones is 2. The maximum atomic E-state index is 12.9. The molecule has 8 heteroatoms. The van der Waals surface area contributed by atoms with Crippen LogP contribution in [-0.4, -0.2) is 69.5 Å². The van der Waals surface area contributed by atoms with E-state index in [-0.39, 0.29) is 35.7 Å². The lowest BCUT2D eigenvalue weighted by Gasteiger charge is -2.30. The lowest BCUT2D eigenvalue weighted by Crippen LogP contribution is -2.53. The van der Waals surface area contributed by atoms with Gasteiger partial charge in [-0.25, -0.2) is 0 Å². The van der Waals surface area contributed by atoms with Gasteiger partial charge in [-0.1, -0.05) is 6.07 Å². The summed E-state index contributed by atoms with van der Waals surface area (Å²) in [5.41, 5.74) is -1.80. The first-order valence-corrected chi connectivity index (χ1v) is 11.7. The average molecular weight is 482 g/mol. The second kappa shape index (κ2) is 12.1. The Kier molecular flexibility index (Phi) is 10.7. The molecule has 0 aliphatic heterocycles. The van der Waals surface area contributed by atoms with Crippen LogP contribution in [0.15, 0.2) is 18.2 Å². The molecule has 2 atom stereocenters. The normalized spacial score (nSPS) is 14.6. The van der Waals surface area contributed by atoms with Crippen molar-refractivity contribution in [2.75, 3.05) is 13.7 Å². The van der Waals surface area contributed by atoms with Gasteiger partial charge >= 0.3 is 0 Å². The summed E-state index contributed by atoms with van der Waals surface area (Å²) in [6, 6.07) is 2.78. The molecule has 194 valence electrons. The number of hydrogen-bond donors (Lipinski definition) is 4. The molecular formula is C26H43NO7. The van der Waals surface area contributed by atoms with E-state index < -0.39 is 29.1 Å². The molecule has 0 aromatic heterocycles. The molecule has 2 unspecified atom stereocenters. The van der Waals surface area contributed by atoms with Crippen LogP contribution in [0.25, 0.3) is 0 Å². The molecule has 0 fully saturated rings. The van der Waals surface area contributed by atoms with E-state index in [1.807, 2.05) is 27.7 Å². The molecule has 4 N–H and O–H groups in total. The smallest absolute Gasteiger partial charge is 0.180 e. The molecule has 0 spiro atoms. The van der Waals surface area contributed by atoms with Gasteiger partial charge in [-0.15, -0.1) is 0 Å². The van der Waals surface area contributed by atoms with Gasteiger partial charge < -0.3 is 24.8 Å². The SMILES string of the molecule is COC(C)(C)CCOC(C)(C)CCC(=O)C(C)NC(Cc1ccc(O)c(O)c1)C(=O)C(C)(C)O. The molecule has 1 rings (SSSR count). The second-order valence-electron chi connectivity index (χ2n) is 10.7. The van der Waals surface area contributed by atoms with Gasteiger partial charge in [-0.2, -0.15) is 0 Å². The van der Waals surface area contributed by atoms with E-state index in [0.29, 0.717) is 18.6 Å². The minimum atomic E-state index is -1.61. The van der Waals surface area contributed by atoms with Crippen LogP contribution in [0.1, 0.15) is 73.3 Å². The van der Waals surface area contributed by atoms with Crippen LogP contribution in [0.5, 0.6) is 11.5 Å². The van der Waals surface area contributed by atoms with E-state index in [4.69, 9.17) is 9.47 Å². The summed E-state index contributed by atoms with van der Waals surface area (Å²) in [6.07, 6.45) is 1.64. The Labute approximate surface area is 203 Å². The highest BCUT2D eigenvalue weighted by molar-refractivity contribution is 5.92. The molecule has 0 saturated heterocycles. The quantitative estimate of drug-likeness (QED) is 0.281. The summed E-state index contributed by atoms with van der Waals surface area (Å²) >= 11 is 0. The molecule has 1 aromatic carbocycles. The van der Waals surface area contributed by atoms with Crippen molar-refractivity contribution in [3.63, 3.8) is 0 Å². The standard InChI is InChI=1S/C26H43NO7/c1-17(20(28)11-12-25(4,5)34-14-13-24(2,3)33-8)27-19(23(31)26(6,7)32)15-18-9-10-21(29)22(30)16-18/h9-10,16-17,19,27,29-30,32H,11-15H2,1-8H3. The van der Waals surface area contributed by atoms with Crippen LogP contribution in [0, 0.1) is 0 Å². The summed E-state index contributed by atoms with van der Waals surface area (Å²) in [7, 11) is 1.67. The number of ether oxygens (including phenoxy) is 2. The topological polar surface area (TPSA) is 125 Å². The number of aromatic hydroxyl groups is 2. The summed E-state index contributed by atoms with van der Waals surface area (Å²) in [5.74, 6) is -1.10. The number of rotatable bonds is 15. The van der Waals surface area contributed by atoms with Gasteiger partial charge in [0.05, 0.1) is 29.9 Å². The van der Waals surface area contributed by atoms with Gasteiger partial charge in [-0.3, -0.25) is 14.9 Å². The van der Waals surface area contributed by atoms with Crippen molar-refractivity contribution in [2.45, 2.75) is 103 Å². The maximum Gasteiger partial charge on any atom is 0.180 e. The molecular weight excluding hydrogens is 438 g/mol. The van der Waals surface area contributed by atoms with Gasteiger partial charge in [0.15, 0.2) is 17.3 Å². The molecule has 0 heterocycles. The Hall–Kier alpha value is -2.00. The molecule has 34 heavy (non-hydrogen) atoms. The van der Waals surface area contributed by atoms with Gasteiger partial charge in [0.1, 0.15) is 11.4 Å². The van der Waals surface area contributed by atoms with Crippen LogP contribution >= 0.6 is 0 Å². The lowest BCUT2D eigenvalue weighted by atomic mass is 9.91. The van der Waals surface area contributed by atoms with Crippen molar-refractivity contribution in [1.82, 2.24) is 5.32 Å². The van der Waals surface area contributed by atoms with E-state index in [0.717, 1.165) is 6.42 Å². The predicted molar refractivity (Wildman–Crippen MR) is 131 cm³/mol. The van der Waals surface area contributed by atoms with Crippen molar-refractivity contribution >= 4 is 11.6 Å². The number of phenolic OH excluding ortho intramolecular Hbond substituents is 2. The first-order chi connectivity index (χ1) is 15.5. The summed E-state index contributed by atoms with van der Waals surface area (Å²) in [4.78, 5) is 25.7. The largest absolute Gasteiger partial charge is 0.504 e. The van der Waals surface area contributed by atoms with Crippen LogP contribution in [0.4, 0.5) is 0 Å². The zero-order valence-electron chi connectivity index (χ0n) is 21.9. The molecule has 0 saturated carbocycles. The molecule has 0 aliphatic carbocycles. The number of Topliss-reactive ketones (excluding diaryl/α,β-unsaturated/α-hetero) is 2. The van der Waals surface area contributed by atoms with Crippen LogP contribution in [-0.2, 0) is 25.5 Å². The van der Waals surface area contributed by atoms with Crippen LogP contribution in [0.2, 0.25) is 0 Å². The number of carbonyl (C=O) groups is 2. The number of methoxy groups -OCH3 is 1. The average Bonchev–Trinajstić information content (AvgIpc) is 2.72. The second-order valence-corrected chi connectivity index (χ2v) is 10.7. The third-order valence-corrected chi connectivity index (χ3v) is 6.06. The number of nitrogens with one attached hydrogen (secondary N) is 1. The molecule has 0 aliphatic rings. The highest BCUT2D eigenvalue weighted by Crippen LogP contribution is 2.26. The Morgan fingerprint density at radius 2 is 1.62 bits per heavy atom. The van der Waals surface area contributed by atoms with Crippen molar-refractivity contribution in [3.05, 3.63) is 23.8 Å². The fourth-order valence-electron chi connectivity index (χ4n) is 3.37.